The van der Waals surface area contributed by atoms with Crippen molar-refractivity contribution in [1.29, 1.82) is 0 Å². The molecule has 0 bridgehead atoms. The Morgan fingerprint density at radius 1 is 0.556 bits per heavy atom. The van der Waals surface area contributed by atoms with Gasteiger partial charge in [-0.1, -0.05) is 142 Å². The van der Waals surface area contributed by atoms with Gasteiger partial charge in [0.05, 0.1) is 0 Å². The van der Waals surface area contributed by atoms with Crippen LogP contribution in [0, 0.1) is 20.8 Å². The molecule has 0 unspecified atom stereocenters. The molecule has 0 nitrogen and oxygen atoms in total. The Morgan fingerprint density at radius 2 is 1.08 bits per heavy atom. The van der Waals surface area contributed by atoms with E-state index in [1.165, 1.54) is 38.9 Å². The molecule has 0 saturated carbocycles. The Hall–Kier alpha value is -3.12. The van der Waals surface area contributed by atoms with Crippen LogP contribution in [0.3, 0.4) is 0 Å². The van der Waals surface area contributed by atoms with E-state index in [0.29, 0.717) is 0 Å². The average molecular weight is 479 g/mol. The number of hydrogen-bond donors (Lipinski definition) is 0. The maximum absolute atomic E-state index is 2.40. The smallest absolute Gasteiger partial charge is 0.0243 e. The Morgan fingerprint density at radius 3 is 1.61 bits per heavy atom. The Bertz CT molecular complexity index is 1110. The van der Waals surface area contributed by atoms with Gasteiger partial charge in [-0.2, -0.15) is 0 Å². The van der Waals surface area contributed by atoms with Crippen LogP contribution in [0.2, 0.25) is 0 Å². The van der Waals surface area contributed by atoms with Gasteiger partial charge in [-0.25, -0.2) is 0 Å². The zero-order chi connectivity index (χ0) is 26.4. The maximum atomic E-state index is 2.40. The summed E-state index contributed by atoms with van der Waals surface area (Å²) < 4.78 is 0. The molecule has 0 aliphatic heterocycles. The fourth-order valence-corrected chi connectivity index (χ4v) is 5.05. The second-order valence-electron chi connectivity index (χ2n) is 9.26. The van der Waals surface area contributed by atoms with Crippen LogP contribution in [0.25, 0.3) is 0 Å². The third-order valence-corrected chi connectivity index (χ3v) is 6.80. The molecule has 36 heavy (non-hydrogen) atoms. The van der Waals surface area contributed by atoms with Gasteiger partial charge in [0.1, 0.15) is 0 Å². The zero-order valence-corrected chi connectivity index (χ0v) is 23.6. The number of rotatable bonds is 8. The normalized spacial score (nSPS) is 10.5. The van der Waals surface area contributed by atoms with Crippen LogP contribution in [-0.2, 0) is 18.3 Å². The van der Waals surface area contributed by atoms with Gasteiger partial charge in [0.15, 0.2) is 0 Å². The van der Waals surface area contributed by atoms with E-state index >= 15 is 0 Å². The molecule has 0 saturated heterocycles. The largest absolute Gasteiger partial charge is 0.0683 e. The summed E-state index contributed by atoms with van der Waals surface area (Å²) in [7, 11) is 0. The first-order valence-corrected chi connectivity index (χ1v) is 13.8. The predicted octanol–water partition coefficient (Wildman–Crippen LogP) is 10.2. The first kappa shape index (κ1) is 29.1. The lowest BCUT2D eigenvalue weighted by molar-refractivity contribution is 0.451. The number of hydrogen-bond acceptors (Lipinski definition) is 0. The van der Waals surface area contributed by atoms with E-state index < -0.39 is 0 Å². The minimum absolute atomic E-state index is 0.0535. The molecule has 0 atom stereocenters. The van der Waals surface area contributed by atoms with Crippen molar-refractivity contribution in [2.24, 2.45) is 0 Å². The lowest BCUT2D eigenvalue weighted by Crippen LogP contribution is -2.31. The summed E-state index contributed by atoms with van der Waals surface area (Å²) in [4.78, 5) is 0. The zero-order valence-electron chi connectivity index (χ0n) is 23.6. The van der Waals surface area contributed by atoms with Gasteiger partial charge in [-0.3, -0.25) is 0 Å². The monoisotopic (exact) mass is 478 g/mol. The van der Waals surface area contributed by atoms with Crippen LogP contribution < -0.4 is 0 Å². The fraction of sp³-hybridized carbons (Fsp3) is 0.333. The molecule has 0 aromatic heterocycles. The van der Waals surface area contributed by atoms with E-state index in [-0.39, 0.29) is 5.41 Å². The van der Waals surface area contributed by atoms with Crippen molar-refractivity contribution in [2.45, 2.75) is 79.6 Å². The molecule has 0 amide bonds. The van der Waals surface area contributed by atoms with Gasteiger partial charge in [-0.05, 0) is 74.3 Å². The molecule has 0 spiro atoms. The SMILES string of the molecule is CC.CC.Cc1cccc(C(CCCc2ccccc2C)(Cc2ccccc2)c2cccc(C)c2)c1. The highest BCUT2D eigenvalue weighted by Crippen LogP contribution is 2.41. The standard InChI is InChI=1S/C32H34.2C2H6/c1-25-12-9-19-30(22-25)32(24-28-15-5-4-6-16-28,31-20-10-13-26(2)23-31)21-11-18-29-17-8-7-14-27(29)3;2*1-2/h4-10,12-17,19-20,22-23H,11,18,21,24H2,1-3H3;2*1-2H3. The van der Waals surface area contributed by atoms with Crippen molar-refractivity contribution < 1.29 is 0 Å². The lowest BCUT2D eigenvalue weighted by Gasteiger charge is -2.36. The van der Waals surface area contributed by atoms with Crippen LogP contribution in [-0.4, -0.2) is 0 Å². The molecular formula is C36H46. The lowest BCUT2D eigenvalue weighted by atomic mass is 9.67. The summed E-state index contributed by atoms with van der Waals surface area (Å²) in [5, 5.41) is 0. The van der Waals surface area contributed by atoms with E-state index in [1.807, 2.05) is 27.7 Å². The average Bonchev–Trinajstić information content (AvgIpc) is 2.92. The molecule has 4 aromatic rings. The molecule has 0 aliphatic rings. The summed E-state index contributed by atoms with van der Waals surface area (Å²) in [6.07, 6.45) is 4.39. The highest BCUT2D eigenvalue weighted by molar-refractivity contribution is 5.44. The minimum atomic E-state index is -0.0535. The molecule has 190 valence electrons. The summed E-state index contributed by atoms with van der Waals surface area (Å²) in [6, 6.07) is 38.2. The van der Waals surface area contributed by atoms with Crippen LogP contribution in [0.4, 0.5) is 0 Å². The van der Waals surface area contributed by atoms with Crippen molar-refractivity contribution in [3.63, 3.8) is 0 Å². The van der Waals surface area contributed by atoms with Crippen LogP contribution in [0.15, 0.2) is 103 Å². The molecule has 0 N–H and O–H groups in total. The van der Waals surface area contributed by atoms with Gasteiger partial charge in [0, 0.05) is 5.41 Å². The van der Waals surface area contributed by atoms with Gasteiger partial charge in [0.2, 0.25) is 0 Å². The van der Waals surface area contributed by atoms with Crippen molar-refractivity contribution in [3.8, 4) is 0 Å². The number of aryl methyl sites for hydroxylation is 4. The second-order valence-corrected chi connectivity index (χ2v) is 9.26. The van der Waals surface area contributed by atoms with Gasteiger partial charge in [0.25, 0.3) is 0 Å². The van der Waals surface area contributed by atoms with Crippen molar-refractivity contribution in [1.82, 2.24) is 0 Å². The van der Waals surface area contributed by atoms with Crippen LogP contribution in [0.5, 0.6) is 0 Å². The summed E-state index contributed by atoms with van der Waals surface area (Å²) in [5.74, 6) is 0. The minimum Gasteiger partial charge on any atom is -0.0683 e. The summed E-state index contributed by atoms with van der Waals surface area (Å²) in [6.45, 7) is 14.6. The molecule has 0 fully saturated rings. The predicted molar refractivity (Wildman–Crippen MR) is 160 cm³/mol. The highest BCUT2D eigenvalue weighted by atomic mass is 14.4. The van der Waals surface area contributed by atoms with E-state index in [9.17, 15) is 0 Å². The Kier molecular flexibility index (Phi) is 12.2. The first-order chi connectivity index (χ1) is 17.6. The Balaban J connectivity index is 0.00000109. The van der Waals surface area contributed by atoms with E-state index in [4.69, 9.17) is 0 Å². The molecule has 0 aliphatic carbocycles. The van der Waals surface area contributed by atoms with Crippen LogP contribution in [0.1, 0.15) is 79.5 Å². The summed E-state index contributed by atoms with van der Waals surface area (Å²) in [5.41, 5.74) is 9.71. The van der Waals surface area contributed by atoms with Gasteiger partial charge >= 0.3 is 0 Å². The molecule has 4 aromatic carbocycles. The molecule has 0 radical (unpaired) electrons. The van der Waals surface area contributed by atoms with E-state index in [2.05, 4.69) is 124 Å². The van der Waals surface area contributed by atoms with Crippen molar-refractivity contribution in [2.75, 3.05) is 0 Å². The molecular weight excluding hydrogens is 432 g/mol. The van der Waals surface area contributed by atoms with Crippen molar-refractivity contribution >= 4 is 0 Å². The van der Waals surface area contributed by atoms with Crippen LogP contribution >= 0.6 is 0 Å². The summed E-state index contributed by atoms with van der Waals surface area (Å²) >= 11 is 0. The van der Waals surface area contributed by atoms with E-state index in [0.717, 1.165) is 25.7 Å². The fourth-order valence-electron chi connectivity index (χ4n) is 5.05. The van der Waals surface area contributed by atoms with Gasteiger partial charge < -0.3 is 0 Å². The Labute approximate surface area is 221 Å². The molecule has 4 rings (SSSR count). The van der Waals surface area contributed by atoms with E-state index in [1.54, 1.807) is 0 Å². The third kappa shape index (κ3) is 7.69. The van der Waals surface area contributed by atoms with Crippen molar-refractivity contribution in [3.05, 3.63) is 142 Å². The van der Waals surface area contributed by atoms with Gasteiger partial charge in [-0.15, -0.1) is 0 Å². The molecule has 0 heteroatoms. The number of benzene rings is 4. The highest BCUT2D eigenvalue weighted by Gasteiger charge is 2.34. The third-order valence-electron chi connectivity index (χ3n) is 6.80. The maximum Gasteiger partial charge on any atom is 0.0243 e. The first-order valence-electron chi connectivity index (χ1n) is 13.8. The molecule has 0 heterocycles. The second kappa shape index (κ2) is 15.1. The topological polar surface area (TPSA) is 0 Å². The quantitative estimate of drug-likeness (QED) is 0.236.